The summed E-state index contributed by atoms with van der Waals surface area (Å²) in [5, 5.41) is 21.4. The maximum absolute atomic E-state index is 12.8. The monoisotopic (exact) mass is 440 g/mol. The molecule has 0 fully saturated rings. The molecule has 0 radical (unpaired) electrons. The zero-order valence-corrected chi connectivity index (χ0v) is 18.0. The summed E-state index contributed by atoms with van der Waals surface area (Å²) in [5.41, 5.74) is 1.24. The predicted molar refractivity (Wildman–Crippen MR) is 109 cm³/mol. The molecule has 0 unspecified atom stereocenters. The summed E-state index contributed by atoms with van der Waals surface area (Å²) in [6.07, 6.45) is -0.347. The summed E-state index contributed by atoms with van der Waals surface area (Å²) in [5.74, 6) is -0.486. The molecular formula is C21H22Cl2O6. The van der Waals surface area contributed by atoms with Crippen molar-refractivity contribution in [3.63, 3.8) is 0 Å². The van der Waals surface area contributed by atoms with Gasteiger partial charge < -0.3 is 24.4 Å². The standard InChI is InChI=1S/C21H22Cl2O6/c1-9(2)7-13(24)11-5-6-14-15(19(11)27-4)21(26)28-8-12-16(22)10(3)17(23)18(25)20(12)29-14/h5-6,9,13,24-25H,7-8H2,1-4H3/t13-/m0/s1. The van der Waals surface area contributed by atoms with Crippen LogP contribution in [0.1, 0.15) is 53.4 Å². The largest absolute Gasteiger partial charge is 0.503 e. The molecule has 2 aromatic carbocycles. The van der Waals surface area contributed by atoms with Crippen LogP contribution in [-0.2, 0) is 11.3 Å². The van der Waals surface area contributed by atoms with Gasteiger partial charge in [-0.05, 0) is 37.0 Å². The minimum Gasteiger partial charge on any atom is -0.503 e. The van der Waals surface area contributed by atoms with E-state index >= 15 is 0 Å². The number of aliphatic hydroxyl groups is 1. The molecule has 0 aliphatic carbocycles. The van der Waals surface area contributed by atoms with Crippen LogP contribution in [0.3, 0.4) is 0 Å². The van der Waals surface area contributed by atoms with E-state index in [0.29, 0.717) is 23.1 Å². The summed E-state index contributed by atoms with van der Waals surface area (Å²) in [6.45, 7) is 5.39. The number of esters is 1. The number of hydrogen-bond donors (Lipinski definition) is 2. The summed E-state index contributed by atoms with van der Waals surface area (Å²) in [6, 6.07) is 3.14. The first-order valence-electron chi connectivity index (χ1n) is 9.10. The molecule has 0 saturated heterocycles. The topological polar surface area (TPSA) is 85.2 Å². The van der Waals surface area contributed by atoms with Crippen molar-refractivity contribution in [2.45, 2.75) is 39.9 Å². The molecule has 3 rings (SSSR count). The summed E-state index contributed by atoms with van der Waals surface area (Å²) in [4.78, 5) is 12.8. The van der Waals surface area contributed by atoms with Crippen LogP contribution in [0.15, 0.2) is 12.1 Å². The van der Waals surface area contributed by atoms with E-state index in [-0.39, 0.29) is 51.1 Å². The molecule has 0 bridgehead atoms. The Hall–Kier alpha value is -2.15. The molecule has 1 atom stereocenters. The maximum Gasteiger partial charge on any atom is 0.346 e. The number of aliphatic hydroxyl groups excluding tert-OH is 1. The van der Waals surface area contributed by atoms with E-state index in [1.54, 1.807) is 13.0 Å². The highest BCUT2D eigenvalue weighted by Crippen LogP contribution is 2.49. The first kappa shape index (κ1) is 21.6. The zero-order chi connectivity index (χ0) is 21.5. The third kappa shape index (κ3) is 3.84. The molecule has 2 N–H and O–H groups in total. The summed E-state index contributed by atoms with van der Waals surface area (Å²) in [7, 11) is 1.40. The minimum absolute atomic E-state index is 0.0110. The first-order chi connectivity index (χ1) is 13.7. The van der Waals surface area contributed by atoms with Gasteiger partial charge in [0.1, 0.15) is 23.7 Å². The van der Waals surface area contributed by atoms with E-state index < -0.39 is 12.1 Å². The molecular weight excluding hydrogens is 419 g/mol. The van der Waals surface area contributed by atoms with Gasteiger partial charge in [0.05, 0.1) is 28.8 Å². The van der Waals surface area contributed by atoms with E-state index in [1.165, 1.54) is 13.2 Å². The van der Waals surface area contributed by atoms with E-state index in [1.807, 2.05) is 13.8 Å². The number of carbonyl (C=O) groups is 1. The van der Waals surface area contributed by atoms with Crippen molar-refractivity contribution in [2.24, 2.45) is 5.92 Å². The lowest BCUT2D eigenvalue weighted by atomic mass is 9.96. The predicted octanol–water partition coefficient (Wildman–Crippen LogP) is 5.56. The van der Waals surface area contributed by atoms with Gasteiger partial charge in [-0.1, -0.05) is 37.0 Å². The highest BCUT2D eigenvalue weighted by atomic mass is 35.5. The van der Waals surface area contributed by atoms with Crippen molar-refractivity contribution < 1.29 is 29.2 Å². The molecule has 29 heavy (non-hydrogen) atoms. The molecule has 1 aliphatic rings. The molecule has 0 aromatic heterocycles. The highest BCUT2D eigenvalue weighted by Gasteiger charge is 2.31. The summed E-state index contributed by atoms with van der Waals surface area (Å²) >= 11 is 12.5. The van der Waals surface area contributed by atoms with Crippen LogP contribution in [0.5, 0.6) is 23.0 Å². The van der Waals surface area contributed by atoms with Crippen molar-refractivity contribution in [2.75, 3.05) is 7.11 Å². The molecule has 8 heteroatoms. The minimum atomic E-state index is -0.833. The second-order valence-electron chi connectivity index (χ2n) is 7.29. The summed E-state index contributed by atoms with van der Waals surface area (Å²) < 4.78 is 16.7. The Kier molecular flexibility index (Phi) is 6.17. The van der Waals surface area contributed by atoms with Gasteiger partial charge in [-0.2, -0.15) is 0 Å². The fourth-order valence-corrected chi connectivity index (χ4v) is 3.78. The second kappa shape index (κ2) is 8.30. The second-order valence-corrected chi connectivity index (χ2v) is 8.05. The Morgan fingerprint density at radius 2 is 1.93 bits per heavy atom. The van der Waals surface area contributed by atoms with E-state index in [4.69, 9.17) is 37.4 Å². The van der Waals surface area contributed by atoms with Gasteiger partial charge in [0.2, 0.25) is 0 Å². The number of phenols is 1. The van der Waals surface area contributed by atoms with Gasteiger partial charge >= 0.3 is 5.97 Å². The van der Waals surface area contributed by atoms with Gasteiger partial charge in [-0.3, -0.25) is 0 Å². The third-order valence-electron chi connectivity index (χ3n) is 4.79. The van der Waals surface area contributed by atoms with Crippen molar-refractivity contribution in [3.05, 3.63) is 44.4 Å². The number of aromatic hydroxyl groups is 1. The van der Waals surface area contributed by atoms with Crippen molar-refractivity contribution in [1.82, 2.24) is 0 Å². The molecule has 1 heterocycles. The van der Waals surface area contributed by atoms with E-state index in [2.05, 4.69) is 0 Å². The number of halogens is 2. The number of cyclic esters (lactones) is 1. The quantitative estimate of drug-likeness (QED) is 0.605. The molecule has 1 aliphatic heterocycles. The molecule has 0 amide bonds. The number of benzene rings is 2. The van der Waals surface area contributed by atoms with Crippen LogP contribution in [-0.4, -0.2) is 23.3 Å². The number of ether oxygens (including phenoxy) is 3. The van der Waals surface area contributed by atoms with E-state index in [9.17, 15) is 15.0 Å². The smallest absolute Gasteiger partial charge is 0.346 e. The van der Waals surface area contributed by atoms with Gasteiger partial charge in [-0.15, -0.1) is 0 Å². The number of methoxy groups -OCH3 is 1. The Labute approximate surface area is 178 Å². The van der Waals surface area contributed by atoms with E-state index in [0.717, 1.165) is 0 Å². The Morgan fingerprint density at radius 3 is 2.55 bits per heavy atom. The number of fused-ring (bicyclic) bond motifs is 2. The van der Waals surface area contributed by atoms with Gasteiger partial charge in [0, 0.05) is 5.56 Å². The molecule has 6 nitrogen and oxygen atoms in total. The third-order valence-corrected chi connectivity index (χ3v) is 5.77. The van der Waals surface area contributed by atoms with Crippen LogP contribution in [0.4, 0.5) is 0 Å². The van der Waals surface area contributed by atoms with Gasteiger partial charge in [0.15, 0.2) is 11.5 Å². The maximum atomic E-state index is 12.8. The first-order valence-corrected chi connectivity index (χ1v) is 9.86. The lowest BCUT2D eigenvalue weighted by Crippen LogP contribution is -2.15. The van der Waals surface area contributed by atoms with Crippen LogP contribution < -0.4 is 9.47 Å². The van der Waals surface area contributed by atoms with Crippen LogP contribution >= 0.6 is 23.2 Å². The average Bonchev–Trinajstić information content (AvgIpc) is 2.67. The SMILES string of the molecule is COc1c([C@@H](O)CC(C)C)ccc2c1C(=O)OCc1c(Cl)c(C)c(Cl)c(O)c1O2. The number of carbonyl (C=O) groups excluding carboxylic acids is 1. The fraction of sp³-hybridized carbons (Fsp3) is 0.381. The Balaban J connectivity index is 2.19. The zero-order valence-electron chi connectivity index (χ0n) is 16.5. The van der Waals surface area contributed by atoms with Crippen LogP contribution in [0.2, 0.25) is 10.0 Å². The van der Waals surface area contributed by atoms with Crippen molar-refractivity contribution in [1.29, 1.82) is 0 Å². The normalized spacial score (nSPS) is 14.3. The highest BCUT2D eigenvalue weighted by molar-refractivity contribution is 6.37. The van der Waals surface area contributed by atoms with Crippen LogP contribution in [0, 0.1) is 12.8 Å². The molecule has 0 spiro atoms. The average molecular weight is 441 g/mol. The molecule has 0 saturated carbocycles. The number of rotatable bonds is 4. The number of phenolic OH excluding ortho intramolecular Hbond substituents is 1. The Morgan fingerprint density at radius 1 is 1.24 bits per heavy atom. The lowest BCUT2D eigenvalue weighted by Gasteiger charge is -2.24. The van der Waals surface area contributed by atoms with Crippen molar-refractivity contribution >= 4 is 29.2 Å². The van der Waals surface area contributed by atoms with Crippen molar-refractivity contribution in [3.8, 4) is 23.0 Å². The Bertz CT molecular complexity index is 971. The van der Waals surface area contributed by atoms with Crippen LogP contribution in [0.25, 0.3) is 0 Å². The van der Waals surface area contributed by atoms with Gasteiger partial charge in [0.25, 0.3) is 0 Å². The lowest BCUT2D eigenvalue weighted by molar-refractivity contribution is 0.0454. The number of hydrogen-bond acceptors (Lipinski definition) is 6. The fourth-order valence-electron chi connectivity index (χ4n) is 3.32. The molecule has 156 valence electrons. The van der Waals surface area contributed by atoms with Gasteiger partial charge in [-0.25, -0.2) is 4.79 Å². The molecule has 2 aromatic rings.